The van der Waals surface area contributed by atoms with E-state index in [2.05, 4.69) is 36.1 Å². The summed E-state index contributed by atoms with van der Waals surface area (Å²) in [5, 5.41) is 3.34. The number of hydrogen-bond donors (Lipinski definition) is 1. The monoisotopic (exact) mass is 390 g/mol. The number of anilines is 4. The summed E-state index contributed by atoms with van der Waals surface area (Å²) < 4.78 is 5.69. The average Bonchev–Trinajstić information content (AvgIpc) is 2.76. The molecule has 2 aromatic heterocycles. The quantitative estimate of drug-likeness (QED) is 0.688. The summed E-state index contributed by atoms with van der Waals surface area (Å²) in [4.78, 5) is 17.9. The molecule has 1 aromatic carbocycles. The molecule has 0 amide bonds. The van der Waals surface area contributed by atoms with Crippen molar-refractivity contribution in [2.75, 3.05) is 41.3 Å². The van der Waals surface area contributed by atoms with Crippen LogP contribution in [0.15, 0.2) is 61.1 Å². The predicted molar refractivity (Wildman–Crippen MR) is 116 cm³/mol. The molecule has 0 saturated carbocycles. The molecule has 0 spiro atoms. The van der Waals surface area contributed by atoms with Gasteiger partial charge in [-0.15, -0.1) is 0 Å². The Bertz CT molecular complexity index is 908. The van der Waals surface area contributed by atoms with E-state index in [4.69, 9.17) is 4.74 Å². The molecule has 0 bridgehead atoms. The van der Waals surface area contributed by atoms with Gasteiger partial charge < -0.3 is 19.9 Å². The van der Waals surface area contributed by atoms with Crippen molar-refractivity contribution in [3.05, 3.63) is 61.1 Å². The second-order valence-corrected chi connectivity index (χ2v) is 7.24. The molecule has 1 fully saturated rings. The highest BCUT2D eigenvalue weighted by Gasteiger charge is 2.19. The molecule has 1 aliphatic heterocycles. The Balaban J connectivity index is 1.38. The third-order valence-corrected chi connectivity index (χ3v) is 4.73. The number of nitrogens with zero attached hydrogens (tertiary/aromatic N) is 5. The molecule has 4 rings (SSSR count). The van der Waals surface area contributed by atoms with Crippen LogP contribution in [-0.2, 0) is 0 Å². The SMILES string of the molecule is CC(C)Oc1ccc(Nc2cc(N3CCN(c4ccccn4)CC3)ncn2)cc1. The van der Waals surface area contributed by atoms with Gasteiger partial charge in [-0.25, -0.2) is 15.0 Å². The van der Waals surface area contributed by atoms with Crippen LogP contribution in [0.5, 0.6) is 5.75 Å². The molecular weight excluding hydrogens is 364 g/mol. The van der Waals surface area contributed by atoms with Crippen LogP contribution in [0.2, 0.25) is 0 Å². The van der Waals surface area contributed by atoms with Crippen molar-refractivity contribution in [1.29, 1.82) is 0 Å². The number of rotatable bonds is 6. The molecule has 150 valence electrons. The lowest BCUT2D eigenvalue weighted by molar-refractivity contribution is 0.242. The van der Waals surface area contributed by atoms with Crippen LogP contribution in [-0.4, -0.2) is 47.2 Å². The van der Waals surface area contributed by atoms with E-state index in [1.165, 1.54) is 0 Å². The Morgan fingerprint density at radius 2 is 1.59 bits per heavy atom. The minimum atomic E-state index is 0.163. The first-order chi connectivity index (χ1) is 14.2. The molecule has 0 atom stereocenters. The van der Waals surface area contributed by atoms with Crippen molar-refractivity contribution >= 4 is 23.1 Å². The van der Waals surface area contributed by atoms with E-state index in [-0.39, 0.29) is 6.10 Å². The van der Waals surface area contributed by atoms with Crippen molar-refractivity contribution in [1.82, 2.24) is 15.0 Å². The summed E-state index contributed by atoms with van der Waals surface area (Å²) in [7, 11) is 0. The predicted octanol–water partition coefficient (Wildman–Crippen LogP) is 3.73. The third-order valence-electron chi connectivity index (χ3n) is 4.73. The third kappa shape index (κ3) is 4.93. The first kappa shape index (κ1) is 19.0. The molecule has 1 aliphatic rings. The van der Waals surface area contributed by atoms with Crippen molar-refractivity contribution in [3.8, 4) is 5.75 Å². The zero-order chi connectivity index (χ0) is 20.1. The van der Waals surface area contributed by atoms with Gasteiger partial charge in [0.25, 0.3) is 0 Å². The molecular formula is C22H26N6O. The lowest BCUT2D eigenvalue weighted by atomic mass is 10.3. The summed E-state index contributed by atoms with van der Waals surface area (Å²) in [5.74, 6) is 3.60. The number of hydrogen-bond acceptors (Lipinski definition) is 7. The van der Waals surface area contributed by atoms with Crippen LogP contribution in [0.4, 0.5) is 23.1 Å². The van der Waals surface area contributed by atoms with Gasteiger partial charge in [0, 0.05) is 44.1 Å². The van der Waals surface area contributed by atoms with Crippen LogP contribution in [0.3, 0.4) is 0 Å². The molecule has 0 unspecified atom stereocenters. The van der Waals surface area contributed by atoms with E-state index < -0.39 is 0 Å². The van der Waals surface area contributed by atoms with Crippen LogP contribution in [0.25, 0.3) is 0 Å². The van der Waals surface area contributed by atoms with E-state index in [1.807, 2.05) is 62.5 Å². The Morgan fingerprint density at radius 3 is 2.24 bits per heavy atom. The largest absolute Gasteiger partial charge is 0.491 e. The van der Waals surface area contributed by atoms with E-state index in [1.54, 1.807) is 6.33 Å². The first-order valence-electron chi connectivity index (χ1n) is 9.94. The van der Waals surface area contributed by atoms with Crippen molar-refractivity contribution < 1.29 is 4.74 Å². The second kappa shape index (κ2) is 8.77. The molecule has 0 radical (unpaired) electrons. The lowest BCUT2D eigenvalue weighted by Gasteiger charge is -2.36. The summed E-state index contributed by atoms with van der Waals surface area (Å²) in [6.45, 7) is 7.67. The van der Waals surface area contributed by atoms with Gasteiger partial charge in [-0.05, 0) is 50.2 Å². The zero-order valence-corrected chi connectivity index (χ0v) is 16.8. The van der Waals surface area contributed by atoms with E-state index in [9.17, 15) is 0 Å². The highest BCUT2D eigenvalue weighted by Crippen LogP contribution is 2.23. The number of ether oxygens (including phenoxy) is 1. The molecule has 7 heteroatoms. The summed E-state index contributed by atoms with van der Waals surface area (Å²) in [6.07, 6.45) is 3.61. The van der Waals surface area contributed by atoms with Crippen LogP contribution in [0.1, 0.15) is 13.8 Å². The molecule has 3 aromatic rings. The van der Waals surface area contributed by atoms with E-state index in [0.717, 1.165) is 55.1 Å². The van der Waals surface area contributed by atoms with Crippen molar-refractivity contribution in [3.63, 3.8) is 0 Å². The van der Waals surface area contributed by atoms with Crippen LogP contribution < -0.4 is 19.9 Å². The zero-order valence-electron chi connectivity index (χ0n) is 16.8. The summed E-state index contributed by atoms with van der Waals surface area (Å²) >= 11 is 0. The van der Waals surface area contributed by atoms with E-state index in [0.29, 0.717) is 0 Å². The topological polar surface area (TPSA) is 66.4 Å². The molecule has 29 heavy (non-hydrogen) atoms. The highest BCUT2D eigenvalue weighted by atomic mass is 16.5. The second-order valence-electron chi connectivity index (χ2n) is 7.24. The van der Waals surface area contributed by atoms with Crippen LogP contribution in [0, 0.1) is 0 Å². The van der Waals surface area contributed by atoms with Gasteiger partial charge in [0.15, 0.2) is 0 Å². The highest BCUT2D eigenvalue weighted by molar-refractivity contribution is 5.60. The first-order valence-corrected chi connectivity index (χ1v) is 9.94. The Kier molecular flexibility index (Phi) is 5.74. The average molecular weight is 390 g/mol. The number of aromatic nitrogens is 3. The molecule has 0 aliphatic carbocycles. The fraction of sp³-hybridized carbons (Fsp3) is 0.318. The number of piperazine rings is 1. The minimum Gasteiger partial charge on any atom is -0.491 e. The van der Waals surface area contributed by atoms with Gasteiger partial charge in [-0.1, -0.05) is 6.07 Å². The lowest BCUT2D eigenvalue weighted by Crippen LogP contribution is -2.47. The van der Waals surface area contributed by atoms with Gasteiger partial charge in [0.05, 0.1) is 6.10 Å². The van der Waals surface area contributed by atoms with Gasteiger partial charge in [0.2, 0.25) is 0 Å². The Morgan fingerprint density at radius 1 is 0.862 bits per heavy atom. The van der Waals surface area contributed by atoms with Gasteiger partial charge in [0.1, 0.15) is 29.5 Å². The molecule has 1 N–H and O–H groups in total. The number of nitrogens with one attached hydrogen (secondary N) is 1. The maximum absolute atomic E-state index is 5.69. The smallest absolute Gasteiger partial charge is 0.135 e. The molecule has 1 saturated heterocycles. The fourth-order valence-electron chi connectivity index (χ4n) is 3.33. The Hall–Kier alpha value is -3.35. The number of benzene rings is 1. The van der Waals surface area contributed by atoms with Gasteiger partial charge in [-0.3, -0.25) is 0 Å². The normalized spacial score (nSPS) is 14.2. The van der Waals surface area contributed by atoms with E-state index >= 15 is 0 Å². The van der Waals surface area contributed by atoms with Gasteiger partial charge >= 0.3 is 0 Å². The Labute approximate surface area is 171 Å². The van der Waals surface area contributed by atoms with Crippen LogP contribution >= 0.6 is 0 Å². The minimum absolute atomic E-state index is 0.163. The number of pyridine rings is 1. The standard InChI is InChI=1S/C22H26N6O/c1-17(2)29-19-8-6-18(7-9-19)26-20-15-22(25-16-24-20)28-13-11-27(12-14-28)21-5-3-4-10-23-21/h3-10,15-17H,11-14H2,1-2H3,(H,24,25,26). The molecule has 7 nitrogen and oxygen atoms in total. The van der Waals surface area contributed by atoms with Gasteiger partial charge in [-0.2, -0.15) is 0 Å². The summed E-state index contributed by atoms with van der Waals surface area (Å²) in [5.41, 5.74) is 0.964. The van der Waals surface area contributed by atoms with Crippen molar-refractivity contribution in [2.45, 2.75) is 20.0 Å². The molecule has 3 heterocycles. The van der Waals surface area contributed by atoms with Crippen molar-refractivity contribution in [2.24, 2.45) is 0 Å². The fourth-order valence-corrected chi connectivity index (χ4v) is 3.33. The maximum atomic E-state index is 5.69. The summed E-state index contributed by atoms with van der Waals surface area (Å²) in [6, 6.07) is 15.9. The maximum Gasteiger partial charge on any atom is 0.135 e.